The van der Waals surface area contributed by atoms with Gasteiger partial charge in [0.05, 0.1) is 7.11 Å². The summed E-state index contributed by atoms with van der Waals surface area (Å²) >= 11 is 3.10. The second-order valence-electron chi connectivity index (χ2n) is 3.72. The maximum Gasteiger partial charge on any atom is 0.422 e. The van der Waals surface area contributed by atoms with E-state index < -0.39 is 17.7 Å². The SMILES string of the molecule is COC(=O)C(C)(Nc1ccccc1Br)C(F)(F)F. The van der Waals surface area contributed by atoms with Gasteiger partial charge in [-0.25, -0.2) is 4.79 Å². The van der Waals surface area contributed by atoms with E-state index in [-0.39, 0.29) is 5.69 Å². The Bertz CT molecular complexity index is 450. The van der Waals surface area contributed by atoms with Crippen molar-refractivity contribution in [2.45, 2.75) is 18.6 Å². The van der Waals surface area contributed by atoms with Gasteiger partial charge in [-0.1, -0.05) is 12.1 Å². The van der Waals surface area contributed by atoms with E-state index in [0.717, 1.165) is 14.0 Å². The van der Waals surface area contributed by atoms with E-state index in [0.29, 0.717) is 4.47 Å². The highest BCUT2D eigenvalue weighted by molar-refractivity contribution is 9.10. The number of para-hydroxylation sites is 1. The zero-order valence-corrected chi connectivity index (χ0v) is 11.2. The van der Waals surface area contributed by atoms with Gasteiger partial charge in [0.25, 0.3) is 0 Å². The molecule has 0 aromatic heterocycles. The van der Waals surface area contributed by atoms with Gasteiger partial charge in [0.1, 0.15) is 0 Å². The molecule has 0 aliphatic heterocycles. The van der Waals surface area contributed by atoms with Crippen LogP contribution < -0.4 is 5.32 Å². The van der Waals surface area contributed by atoms with Crippen LogP contribution in [0, 0.1) is 0 Å². The molecule has 0 heterocycles. The van der Waals surface area contributed by atoms with Crippen molar-refractivity contribution in [3.05, 3.63) is 28.7 Å². The normalized spacial score (nSPS) is 14.8. The third-order valence-corrected chi connectivity index (χ3v) is 3.11. The summed E-state index contributed by atoms with van der Waals surface area (Å²) in [6, 6.07) is 6.20. The van der Waals surface area contributed by atoms with Gasteiger partial charge >= 0.3 is 12.1 Å². The minimum absolute atomic E-state index is 0.155. The lowest BCUT2D eigenvalue weighted by atomic mass is 10.0. The van der Waals surface area contributed by atoms with Crippen LogP contribution in [0.5, 0.6) is 0 Å². The van der Waals surface area contributed by atoms with Gasteiger partial charge in [0, 0.05) is 10.2 Å². The number of benzene rings is 1. The predicted molar refractivity (Wildman–Crippen MR) is 64.2 cm³/mol. The monoisotopic (exact) mass is 325 g/mol. The molecular formula is C11H11BrF3NO2. The summed E-state index contributed by atoms with van der Waals surface area (Å²) in [7, 11) is 0.911. The van der Waals surface area contributed by atoms with Crippen molar-refractivity contribution in [1.82, 2.24) is 0 Å². The maximum absolute atomic E-state index is 13.0. The number of hydrogen-bond donors (Lipinski definition) is 1. The van der Waals surface area contributed by atoms with Gasteiger partial charge in [-0.05, 0) is 35.0 Å². The minimum atomic E-state index is -4.78. The Morgan fingerprint density at radius 3 is 2.33 bits per heavy atom. The molecule has 1 aromatic rings. The fourth-order valence-electron chi connectivity index (χ4n) is 1.27. The maximum atomic E-state index is 13.0. The molecule has 0 amide bonds. The zero-order valence-electron chi connectivity index (χ0n) is 9.64. The van der Waals surface area contributed by atoms with Crippen molar-refractivity contribution >= 4 is 27.6 Å². The highest BCUT2D eigenvalue weighted by Crippen LogP contribution is 2.36. The number of alkyl halides is 3. The molecule has 0 aliphatic rings. The van der Waals surface area contributed by atoms with E-state index in [1.807, 2.05) is 0 Å². The largest absolute Gasteiger partial charge is 0.467 e. The summed E-state index contributed by atoms with van der Waals surface area (Å²) in [5.74, 6) is -1.40. The Hall–Kier alpha value is -1.24. The topological polar surface area (TPSA) is 38.3 Å². The van der Waals surface area contributed by atoms with Crippen molar-refractivity contribution in [2.75, 3.05) is 12.4 Å². The summed E-state index contributed by atoms with van der Waals surface area (Å²) in [4.78, 5) is 11.4. The molecule has 1 rings (SSSR count). The fraction of sp³-hybridized carbons (Fsp3) is 0.364. The Morgan fingerprint density at radius 2 is 1.89 bits per heavy atom. The second-order valence-corrected chi connectivity index (χ2v) is 4.57. The molecule has 0 bridgehead atoms. The highest BCUT2D eigenvalue weighted by atomic mass is 79.9. The summed E-state index contributed by atoms with van der Waals surface area (Å²) in [5.41, 5.74) is -2.64. The van der Waals surface area contributed by atoms with E-state index in [1.54, 1.807) is 18.2 Å². The summed E-state index contributed by atoms with van der Waals surface area (Å²) in [6.45, 7) is 0.734. The number of hydrogen-bond acceptors (Lipinski definition) is 3. The van der Waals surface area contributed by atoms with Crippen LogP contribution in [0.4, 0.5) is 18.9 Å². The van der Waals surface area contributed by atoms with Crippen molar-refractivity contribution in [1.29, 1.82) is 0 Å². The van der Waals surface area contributed by atoms with Crippen LogP contribution in [0.2, 0.25) is 0 Å². The van der Waals surface area contributed by atoms with Crippen LogP contribution >= 0.6 is 15.9 Å². The number of carbonyl (C=O) groups is 1. The molecule has 1 N–H and O–H groups in total. The van der Waals surface area contributed by atoms with Crippen LogP contribution in [-0.2, 0) is 9.53 Å². The lowest BCUT2D eigenvalue weighted by Gasteiger charge is -2.31. The molecule has 18 heavy (non-hydrogen) atoms. The Balaban J connectivity index is 3.16. The summed E-state index contributed by atoms with van der Waals surface area (Å²) in [5, 5.41) is 2.17. The van der Waals surface area contributed by atoms with Crippen molar-refractivity contribution in [2.24, 2.45) is 0 Å². The number of nitrogens with one attached hydrogen (secondary N) is 1. The first-order valence-corrected chi connectivity index (χ1v) is 5.69. The number of esters is 1. The van der Waals surface area contributed by atoms with E-state index in [4.69, 9.17) is 0 Å². The molecule has 0 radical (unpaired) electrons. The van der Waals surface area contributed by atoms with Crippen LogP contribution in [0.25, 0.3) is 0 Å². The van der Waals surface area contributed by atoms with Gasteiger partial charge in [-0.3, -0.25) is 0 Å². The van der Waals surface area contributed by atoms with Gasteiger partial charge in [0.15, 0.2) is 0 Å². The van der Waals surface area contributed by atoms with Crippen LogP contribution in [0.1, 0.15) is 6.92 Å². The molecule has 0 spiro atoms. The van der Waals surface area contributed by atoms with Crippen LogP contribution in [0.15, 0.2) is 28.7 Å². The van der Waals surface area contributed by atoms with E-state index >= 15 is 0 Å². The molecule has 100 valence electrons. The van der Waals surface area contributed by atoms with Gasteiger partial charge in [0.2, 0.25) is 5.54 Å². The number of rotatable bonds is 3. The number of halogens is 4. The molecule has 0 fully saturated rings. The van der Waals surface area contributed by atoms with E-state index in [1.165, 1.54) is 6.07 Å². The molecule has 0 saturated carbocycles. The van der Waals surface area contributed by atoms with Gasteiger partial charge in [-0.15, -0.1) is 0 Å². The first-order valence-electron chi connectivity index (χ1n) is 4.90. The number of carbonyl (C=O) groups excluding carboxylic acids is 1. The molecule has 0 aliphatic carbocycles. The zero-order chi connectivity index (χ0) is 14.0. The van der Waals surface area contributed by atoms with E-state index in [9.17, 15) is 18.0 Å². The quantitative estimate of drug-likeness (QED) is 0.866. The number of methoxy groups -OCH3 is 1. The van der Waals surface area contributed by atoms with Crippen molar-refractivity contribution in [3.8, 4) is 0 Å². The van der Waals surface area contributed by atoms with E-state index in [2.05, 4.69) is 26.0 Å². The summed E-state index contributed by atoms with van der Waals surface area (Å²) in [6.07, 6.45) is -4.78. The van der Waals surface area contributed by atoms with Crippen molar-refractivity contribution in [3.63, 3.8) is 0 Å². The summed E-state index contributed by atoms with van der Waals surface area (Å²) < 4.78 is 43.6. The lowest BCUT2D eigenvalue weighted by molar-refractivity contribution is -0.195. The first kappa shape index (κ1) is 14.8. The third kappa shape index (κ3) is 2.77. The van der Waals surface area contributed by atoms with Crippen LogP contribution in [0.3, 0.4) is 0 Å². The third-order valence-electron chi connectivity index (χ3n) is 2.42. The molecule has 3 nitrogen and oxygen atoms in total. The first-order chi connectivity index (χ1) is 8.22. The number of anilines is 1. The standard InChI is InChI=1S/C11H11BrF3NO2/c1-10(9(17)18-2,11(13,14)15)16-8-6-4-3-5-7(8)12/h3-6,16H,1-2H3. The van der Waals surface area contributed by atoms with Crippen LogP contribution in [-0.4, -0.2) is 24.8 Å². The molecule has 1 atom stereocenters. The average Bonchev–Trinajstić information content (AvgIpc) is 2.29. The molecule has 0 saturated heterocycles. The van der Waals surface area contributed by atoms with Gasteiger partial charge < -0.3 is 10.1 Å². The molecular weight excluding hydrogens is 315 g/mol. The molecule has 1 unspecified atom stereocenters. The fourth-order valence-corrected chi connectivity index (χ4v) is 1.66. The minimum Gasteiger partial charge on any atom is -0.467 e. The second kappa shape index (κ2) is 5.17. The predicted octanol–water partition coefficient (Wildman–Crippen LogP) is 3.36. The highest BCUT2D eigenvalue weighted by Gasteiger charge is 2.58. The van der Waals surface area contributed by atoms with Crippen molar-refractivity contribution < 1.29 is 22.7 Å². The Labute approximate surface area is 110 Å². The average molecular weight is 326 g/mol. The Morgan fingerprint density at radius 1 is 1.33 bits per heavy atom. The smallest absolute Gasteiger partial charge is 0.422 e. The lowest BCUT2D eigenvalue weighted by Crippen LogP contribution is -2.56. The molecule has 1 aromatic carbocycles. The van der Waals surface area contributed by atoms with Gasteiger partial charge in [-0.2, -0.15) is 13.2 Å². The number of ether oxygens (including phenoxy) is 1. The Kier molecular flexibility index (Phi) is 4.26. The molecule has 7 heteroatoms.